The Labute approximate surface area is 201 Å². The fraction of sp³-hybridized carbons (Fsp3) is 0.480. The van der Waals surface area contributed by atoms with E-state index in [4.69, 9.17) is 4.74 Å². The van der Waals surface area contributed by atoms with Crippen LogP contribution in [0.1, 0.15) is 18.4 Å². The minimum atomic E-state index is -3.74. The summed E-state index contributed by atoms with van der Waals surface area (Å²) in [4.78, 5) is 17.5. The Hall–Kier alpha value is -2.49. The number of hydrogen-bond acceptors (Lipinski definition) is 5. The van der Waals surface area contributed by atoms with E-state index in [1.807, 2.05) is 17.0 Å². The Balaban J connectivity index is 1.28. The number of halogens is 1. The van der Waals surface area contributed by atoms with Crippen LogP contribution < -0.4 is 4.74 Å². The highest BCUT2D eigenvalue weighted by Gasteiger charge is 2.35. The van der Waals surface area contributed by atoms with Crippen LogP contribution in [0.15, 0.2) is 53.4 Å². The molecule has 2 aliphatic rings. The molecule has 0 radical (unpaired) electrons. The fourth-order valence-corrected chi connectivity index (χ4v) is 6.17. The predicted molar refractivity (Wildman–Crippen MR) is 128 cm³/mol. The van der Waals surface area contributed by atoms with Crippen LogP contribution in [0.3, 0.4) is 0 Å². The van der Waals surface area contributed by atoms with Gasteiger partial charge in [-0.1, -0.05) is 12.1 Å². The predicted octanol–water partition coefficient (Wildman–Crippen LogP) is 2.62. The lowest BCUT2D eigenvalue weighted by atomic mass is 9.97. The number of piperazine rings is 1. The van der Waals surface area contributed by atoms with Crippen LogP contribution >= 0.6 is 0 Å². The molecule has 2 fully saturated rings. The van der Waals surface area contributed by atoms with Crippen molar-refractivity contribution in [3.63, 3.8) is 0 Å². The zero-order chi connectivity index (χ0) is 24.1. The van der Waals surface area contributed by atoms with Gasteiger partial charge in [0, 0.05) is 45.8 Å². The number of rotatable bonds is 7. The molecular formula is C25H32FN3O4S. The van der Waals surface area contributed by atoms with Gasteiger partial charge >= 0.3 is 0 Å². The molecule has 1 atom stereocenters. The second kappa shape index (κ2) is 10.8. The van der Waals surface area contributed by atoms with Crippen molar-refractivity contribution in [3.8, 4) is 5.75 Å². The normalized spacial score (nSPS) is 20.3. The number of methoxy groups -OCH3 is 1. The number of hydrogen-bond donors (Lipinski definition) is 0. The maximum atomic E-state index is 13.2. The average molecular weight is 490 g/mol. The van der Waals surface area contributed by atoms with Gasteiger partial charge in [-0.2, -0.15) is 4.31 Å². The highest BCUT2D eigenvalue weighted by Crippen LogP contribution is 2.25. The third-order valence-corrected chi connectivity index (χ3v) is 8.62. The van der Waals surface area contributed by atoms with Crippen LogP contribution in [0.4, 0.5) is 4.39 Å². The average Bonchev–Trinajstić information content (AvgIpc) is 2.88. The number of sulfonamides is 1. The van der Waals surface area contributed by atoms with Crippen LogP contribution in [0, 0.1) is 11.7 Å². The summed E-state index contributed by atoms with van der Waals surface area (Å²) in [5.41, 5.74) is 1.25. The summed E-state index contributed by atoms with van der Waals surface area (Å²) in [6, 6.07) is 12.9. The molecule has 0 saturated carbocycles. The molecule has 2 saturated heterocycles. The van der Waals surface area contributed by atoms with Gasteiger partial charge in [0.15, 0.2) is 0 Å². The summed E-state index contributed by atoms with van der Waals surface area (Å²) in [6.07, 6.45) is 2.27. The van der Waals surface area contributed by atoms with Crippen molar-refractivity contribution in [1.29, 1.82) is 0 Å². The van der Waals surface area contributed by atoms with Gasteiger partial charge in [-0.3, -0.25) is 9.69 Å². The summed E-state index contributed by atoms with van der Waals surface area (Å²) in [6.45, 7) is 4.42. The minimum absolute atomic E-state index is 0.0359. The first-order valence-corrected chi connectivity index (χ1v) is 13.2. The van der Waals surface area contributed by atoms with Crippen molar-refractivity contribution < 1.29 is 22.3 Å². The van der Waals surface area contributed by atoms with Gasteiger partial charge in [-0.05, 0) is 61.2 Å². The Kier molecular flexibility index (Phi) is 7.85. The van der Waals surface area contributed by atoms with Crippen molar-refractivity contribution in [2.45, 2.75) is 24.2 Å². The second-order valence-electron chi connectivity index (χ2n) is 8.92. The summed E-state index contributed by atoms with van der Waals surface area (Å²) in [7, 11) is -2.09. The van der Waals surface area contributed by atoms with Gasteiger partial charge in [0.2, 0.25) is 15.9 Å². The van der Waals surface area contributed by atoms with Crippen molar-refractivity contribution in [1.82, 2.24) is 14.1 Å². The van der Waals surface area contributed by atoms with Crippen LogP contribution in [0.2, 0.25) is 0 Å². The molecule has 0 bridgehead atoms. The summed E-state index contributed by atoms with van der Waals surface area (Å²) < 4.78 is 45.7. The highest BCUT2D eigenvalue weighted by molar-refractivity contribution is 7.89. The maximum Gasteiger partial charge on any atom is 0.243 e. The Morgan fingerprint density at radius 1 is 1.00 bits per heavy atom. The Morgan fingerprint density at radius 2 is 1.68 bits per heavy atom. The van der Waals surface area contributed by atoms with Crippen LogP contribution in [-0.4, -0.2) is 81.4 Å². The van der Waals surface area contributed by atoms with Crippen LogP contribution in [-0.2, 0) is 21.2 Å². The van der Waals surface area contributed by atoms with Crippen molar-refractivity contribution in [2.24, 2.45) is 5.92 Å². The first-order valence-electron chi connectivity index (χ1n) is 11.8. The quantitative estimate of drug-likeness (QED) is 0.598. The van der Waals surface area contributed by atoms with Gasteiger partial charge in [-0.15, -0.1) is 0 Å². The molecule has 2 heterocycles. The molecular weight excluding hydrogens is 457 g/mol. The number of piperidine rings is 1. The van der Waals surface area contributed by atoms with E-state index in [1.165, 1.54) is 22.0 Å². The van der Waals surface area contributed by atoms with E-state index in [0.29, 0.717) is 32.5 Å². The lowest BCUT2D eigenvalue weighted by Gasteiger charge is -2.38. The van der Waals surface area contributed by atoms with Crippen molar-refractivity contribution >= 4 is 15.9 Å². The largest absolute Gasteiger partial charge is 0.497 e. The molecule has 34 heavy (non-hydrogen) atoms. The Morgan fingerprint density at radius 3 is 2.32 bits per heavy atom. The second-order valence-corrected chi connectivity index (χ2v) is 10.9. The van der Waals surface area contributed by atoms with E-state index < -0.39 is 15.8 Å². The summed E-state index contributed by atoms with van der Waals surface area (Å²) in [5.74, 6) is 0.0695. The van der Waals surface area contributed by atoms with Crippen LogP contribution in [0.25, 0.3) is 0 Å². The van der Waals surface area contributed by atoms with E-state index in [1.54, 1.807) is 7.11 Å². The zero-order valence-corrected chi connectivity index (χ0v) is 20.3. The van der Waals surface area contributed by atoms with Gasteiger partial charge in [-0.25, -0.2) is 12.8 Å². The van der Waals surface area contributed by atoms with Gasteiger partial charge < -0.3 is 9.64 Å². The molecule has 2 aromatic carbocycles. The van der Waals surface area contributed by atoms with Gasteiger partial charge in [0.1, 0.15) is 11.6 Å². The maximum absolute atomic E-state index is 13.2. The zero-order valence-electron chi connectivity index (χ0n) is 19.5. The molecule has 0 spiro atoms. The molecule has 7 nitrogen and oxygen atoms in total. The molecule has 2 aliphatic heterocycles. The van der Waals surface area contributed by atoms with Gasteiger partial charge in [0.25, 0.3) is 0 Å². The lowest BCUT2D eigenvalue weighted by molar-refractivity contribution is -0.138. The molecule has 4 rings (SSSR count). The molecule has 1 unspecified atom stereocenters. The van der Waals surface area contributed by atoms with E-state index in [-0.39, 0.29) is 23.3 Å². The molecule has 1 amide bonds. The molecule has 9 heteroatoms. The standard InChI is InChI=1S/C25H32FN3O4S/c1-33-23-8-4-20(5-9-23)12-14-27-15-17-28(18-16-27)25(30)21-3-2-13-29(19-21)34(31,32)24-10-6-22(26)7-11-24/h4-11,21H,2-3,12-19H2,1H3. The third kappa shape index (κ3) is 5.76. The third-order valence-electron chi connectivity index (χ3n) is 6.74. The Bertz CT molecular complexity index is 1070. The molecule has 0 aliphatic carbocycles. The molecule has 0 N–H and O–H groups in total. The van der Waals surface area contributed by atoms with Crippen LogP contribution in [0.5, 0.6) is 5.75 Å². The molecule has 2 aromatic rings. The minimum Gasteiger partial charge on any atom is -0.497 e. The van der Waals surface area contributed by atoms with E-state index in [0.717, 1.165) is 43.9 Å². The lowest BCUT2D eigenvalue weighted by Crippen LogP contribution is -2.53. The SMILES string of the molecule is COc1ccc(CCN2CCN(C(=O)C3CCCN(S(=O)(=O)c4ccc(F)cc4)C3)CC2)cc1. The number of ether oxygens (including phenoxy) is 1. The molecule has 184 valence electrons. The number of carbonyl (C=O) groups is 1. The fourth-order valence-electron chi connectivity index (χ4n) is 4.65. The van der Waals surface area contributed by atoms with E-state index in [9.17, 15) is 17.6 Å². The number of benzene rings is 2. The monoisotopic (exact) mass is 489 g/mol. The number of nitrogens with zero attached hydrogens (tertiary/aromatic N) is 3. The highest BCUT2D eigenvalue weighted by atomic mass is 32.2. The molecule has 0 aromatic heterocycles. The first kappa shape index (κ1) is 24.6. The van der Waals surface area contributed by atoms with Gasteiger partial charge in [0.05, 0.1) is 17.9 Å². The topological polar surface area (TPSA) is 70.2 Å². The first-order chi connectivity index (χ1) is 16.4. The number of amides is 1. The van der Waals surface area contributed by atoms with Crippen molar-refractivity contribution in [3.05, 3.63) is 59.9 Å². The van der Waals surface area contributed by atoms with E-state index in [2.05, 4.69) is 17.0 Å². The van der Waals surface area contributed by atoms with Crippen molar-refractivity contribution in [2.75, 3.05) is 52.9 Å². The number of carbonyl (C=O) groups excluding carboxylic acids is 1. The smallest absolute Gasteiger partial charge is 0.243 e. The summed E-state index contributed by atoms with van der Waals surface area (Å²) in [5, 5.41) is 0. The van der Waals surface area contributed by atoms with E-state index >= 15 is 0 Å². The summed E-state index contributed by atoms with van der Waals surface area (Å²) >= 11 is 0.